The van der Waals surface area contributed by atoms with E-state index in [0.29, 0.717) is 21.8 Å². The van der Waals surface area contributed by atoms with Crippen molar-refractivity contribution in [3.63, 3.8) is 0 Å². The van der Waals surface area contributed by atoms with Crippen LogP contribution in [0, 0.1) is 5.82 Å². The molecule has 0 aliphatic carbocycles. The maximum absolute atomic E-state index is 13.5. The summed E-state index contributed by atoms with van der Waals surface area (Å²) in [5.41, 5.74) is 0.759. The number of ether oxygens (including phenoxy) is 1. The molecule has 8 heteroatoms. The summed E-state index contributed by atoms with van der Waals surface area (Å²) in [6, 6.07) is 9.79. The van der Waals surface area contributed by atoms with Crippen LogP contribution in [0.15, 0.2) is 63.3 Å². The number of aromatic nitrogens is 1. The fourth-order valence-electron chi connectivity index (χ4n) is 3.57. The molecule has 0 N–H and O–H groups in total. The minimum Gasteiger partial charge on any atom is -0.497 e. The van der Waals surface area contributed by atoms with E-state index in [9.17, 15) is 14.0 Å². The minimum absolute atomic E-state index is 0.0414. The first-order valence-electron chi connectivity index (χ1n) is 8.71. The van der Waals surface area contributed by atoms with Crippen molar-refractivity contribution in [2.45, 2.75) is 6.04 Å². The molecule has 0 saturated carbocycles. The predicted octanol–water partition coefficient (Wildman–Crippen LogP) is 4.15. The highest BCUT2D eigenvalue weighted by Crippen LogP contribution is 2.42. The highest BCUT2D eigenvalue weighted by molar-refractivity contribution is 7.13. The molecule has 1 aliphatic rings. The molecule has 2 aromatic carbocycles. The zero-order valence-electron chi connectivity index (χ0n) is 15.1. The lowest BCUT2D eigenvalue weighted by molar-refractivity contribution is 0.0971. The van der Waals surface area contributed by atoms with Crippen molar-refractivity contribution >= 4 is 33.3 Å². The number of hydrogen-bond donors (Lipinski definition) is 0. The van der Waals surface area contributed by atoms with Crippen LogP contribution in [0.3, 0.4) is 0 Å². The van der Waals surface area contributed by atoms with Gasteiger partial charge in [-0.1, -0.05) is 12.1 Å². The van der Waals surface area contributed by atoms with E-state index in [4.69, 9.17) is 9.15 Å². The average Bonchev–Trinajstić information content (AvgIpc) is 3.35. The van der Waals surface area contributed by atoms with Gasteiger partial charge in [0.05, 0.1) is 24.1 Å². The fraction of sp³-hybridized carbons (Fsp3) is 0.0952. The van der Waals surface area contributed by atoms with Crippen LogP contribution >= 0.6 is 11.3 Å². The van der Waals surface area contributed by atoms with Gasteiger partial charge in [0.2, 0.25) is 5.76 Å². The van der Waals surface area contributed by atoms with E-state index >= 15 is 0 Å². The number of amides is 1. The summed E-state index contributed by atoms with van der Waals surface area (Å²) in [5, 5.41) is 2.51. The van der Waals surface area contributed by atoms with Crippen LogP contribution in [0.25, 0.3) is 11.0 Å². The molecule has 1 amide bonds. The van der Waals surface area contributed by atoms with Crippen LogP contribution in [0.2, 0.25) is 0 Å². The van der Waals surface area contributed by atoms with Gasteiger partial charge in [0.25, 0.3) is 5.91 Å². The number of nitrogens with zero attached hydrogens (tertiary/aromatic N) is 2. The van der Waals surface area contributed by atoms with E-state index in [1.165, 1.54) is 35.5 Å². The zero-order valence-corrected chi connectivity index (χ0v) is 15.9. The van der Waals surface area contributed by atoms with E-state index in [0.717, 1.165) is 0 Å². The molecular weight excluding hydrogens is 395 g/mol. The van der Waals surface area contributed by atoms with Crippen LogP contribution < -0.4 is 15.1 Å². The summed E-state index contributed by atoms with van der Waals surface area (Å²) in [6.07, 6.45) is 1.58. The molecule has 4 aromatic rings. The van der Waals surface area contributed by atoms with Crippen LogP contribution in [0.4, 0.5) is 9.52 Å². The number of fused-ring (bicyclic) bond motifs is 2. The van der Waals surface area contributed by atoms with Gasteiger partial charge in [-0.05, 0) is 29.8 Å². The molecule has 144 valence electrons. The first-order valence-corrected chi connectivity index (χ1v) is 9.59. The normalized spacial score (nSPS) is 15.7. The van der Waals surface area contributed by atoms with Gasteiger partial charge < -0.3 is 9.15 Å². The van der Waals surface area contributed by atoms with Crippen LogP contribution in [-0.2, 0) is 0 Å². The lowest BCUT2D eigenvalue weighted by Crippen LogP contribution is -2.29. The third kappa shape index (κ3) is 2.64. The van der Waals surface area contributed by atoms with Gasteiger partial charge in [-0.3, -0.25) is 14.5 Å². The largest absolute Gasteiger partial charge is 0.497 e. The SMILES string of the molecule is COc1ccc2c(=O)c3c(oc2c1)C(=O)N(c1nccs1)C3c1ccc(F)cc1. The second-order valence-corrected chi connectivity index (χ2v) is 7.35. The Morgan fingerprint density at radius 1 is 1.17 bits per heavy atom. The molecule has 0 spiro atoms. The molecule has 3 heterocycles. The number of benzene rings is 2. The molecule has 0 radical (unpaired) electrons. The molecule has 5 rings (SSSR count). The molecule has 1 aliphatic heterocycles. The van der Waals surface area contributed by atoms with Gasteiger partial charge in [0.1, 0.15) is 17.1 Å². The average molecular weight is 408 g/mol. The number of carbonyl (C=O) groups excluding carboxylic acids is 1. The Labute approximate surface area is 167 Å². The Morgan fingerprint density at radius 2 is 1.97 bits per heavy atom. The third-order valence-corrected chi connectivity index (χ3v) is 5.66. The van der Waals surface area contributed by atoms with E-state index in [1.807, 2.05) is 0 Å². The smallest absolute Gasteiger partial charge is 0.297 e. The van der Waals surface area contributed by atoms with Crippen molar-refractivity contribution in [1.29, 1.82) is 0 Å². The van der Waals surface area contributed by atoms with Gasteiger partial charge >= 0.3 is 0 Å². The number of rotatable bonds is 3. The van der Waals surface area contributed by atoms with Gasteiger partial charge in [-0.25, -0.2) is 9.37 Å². The Hall–Kier alpha value is -3.52. The summed E-state index contributed by atoms with van der Waals surface area (Å²) in [4.78, 5) is 32.3. The Balaban J connectivity index is 1.81. The molecule has 29 heavy (non-hydrogen) atoms. The molecular formula is C21H13FN2O4S. The zero-order chi connectivity index (χ0) is 20.1. The first-order chi connectivity index (χ1) is 14.1. The highest BCUT2D eigenvalue weighted by Gasteiger charge is 2.44. The quantitative estimate of drug-likeness (QED) is 0.509. The summed E-state index contributed by atoms with van der Waals surface area (Å²) in [5.74, 6) is -0.402. The third-order valence-electron chi connectivity index (χ3n) is 4.89. The van der Waals surface area contributed by atoms with Gasteiger partial charge in [-0.2, -0.15) is 0 Å². The summed E-state index contributed by atoms with van der Waals surface area (Å²) in [6.45, 7) is 0. The van der Waals surface area contributed by atoms with Gasteiger partial charge in [0.15, 0.2) is 10.6 Å². The summed E-state index contributed by atoms with van der Waals surface area (Å²) < 4.78 is 24.6. The van der Waals surface area contributed by atoms with Crippen LogP contribution in [0.5, 0.6) is 5.75 Å². The van der Waals surface area contributed by atoms with Crippen molar-refractivity contribution in [3.05, 3.63) is 87.0 Å². The van der Waals surface area contributed by atoms with Gasteiger partial charge in [-0.15, -0.1) is 11.3 Å². The lowest BCUT2D eigenvalue weighted by Gasteiger charge is -2.22. The molecule has 1 unspecified atom stereocenters. The maximum Gasteiger partial charge on any atom is 0.297 e. The molecule has 1 atom stereocenters. The second-order valence-electron chi connectivity index (χ2n) is 6.48. The Morgan fingerprint density at radius 3 is 2.66 bits per heavy atom. The number of anilines is 1. The summed E-state index contributed by atoms with van der Waals surface area (Å²) in [7, 11) is 1.51. The van der Waals surface area contributed by atoms with E-state index in [2.05, 4.69) is 4.98 Å². The number of methoxy groups -OCH3 is 1. The molecule has 2 aromatic heterocycles. The highest BCUT2D eigenvalue weighted by atomic mass is 32.1. The first kappa shape index (κ1) is 17.6. The van der Waals surface area contributed by atoms with Crippen molar-refractivity contribution in [1.82, 2.24) is 4.98 Å². The molecule has 6 nitrogen and oxygen atoms in total. The predicted molar refractivity (Wildman–Crippen MR) is 106 cm³/mol. The summed E-state index contributed by atoms with van der Waals surface area (Å²) >= 11 is 1.27. The van der Waals surface area contributed by atoms with Crippen molar-refractivity contribution in [3.8, 4) is 5.75 Å². The number of halogens is 1. The number of carbonyl (C=O) groups is 1. The van der Waals surface area contributed by atoms with Crippen molar-refractivity contribution in [2.75, 3.05) is 12.0 Å². The second kappa shape index (κ2) is 6.52. The van der Waals surface area contributed by atoms with E-state index in [1.54, 1.807) is 41.9 Å². The fourth-order valence-corrected chi connectivity index (χ4v) is 4.24. The number of hydrogen-bond acceptors (Lipinski definition) is 6. The monoisotopic (exact) mass is 408 g/mol. The van der Waals surface area contributed by atoms with E-state index in [-0.39, 0.29) is 22.3 Å². The Kier molecular flexibility index (Phi) is 3.95. The van der Waals surface area contributed by atoms with Crippen molar-refractivity contribution < 1.29 is 18.3 Å². The molecule has 0 fully saturated rings. The Bertz CT molecular complexity index is 1300. The number of thiazole rings is 1. The topological polar surface area (TPSA) is 72.6 Å². The molecule has 0 bridgehead atoms. The van der Waals surface area contributed by atoms with Crippen LogP contribution in [0.1, 0.15) is 27.7 Å². The van der Waals surface area contributed by atoms with Crippen LogP contribution in [-0.4, -0.2) is 18.0 Å². The van der Waals surface area contributed by atoms with Crippen molar-refractivity contribution in [2.24, 2.45) is 0 Å². The molecule has 0 saturated heterocycles. The van der Waals surface area contributed by atoms with E-state index < -0.39 is 17.8 Å². The van der Waals surface area contributed by atoms with Gasteiger partial charge in [0, 0.05) is 17.6 Å². The lowest BCUT2D eigenvalue weighted by atomic mass is 9.98. The maximum atomic E-state index is 13.5. The minimum atomic E-state index is -0.757. The standard InChI is InChI=1S/C21H13FN2O4S/c1-27-13-6-7-14-15(10-13)28-19-16(18(14)25)17(11-2-4-12(22)5-3-11)24(20(19)26)21-23-8-9-29-21/h2-10,17H,1H3.